The van der Waals surface area contributed by atoms with Crippen molar-refractivity contribution in [1.82, 2.24) is 16.0 Å². The molecular formula is C26H38N6O2. The third-order valence-corrected chi connectivity index (χ3v) is 6.90. The summed E-state index contributed by atoms with van der Waals surface area (Å²) in [6.07, 6.45) is 4.20. The topological polar surface area (TPSA) is 101 Å². The van der Waals surface area contributed by atoms with Crippen molar-refractivity contribution in [2.24, 2.45) is 15.9 Å². The van der Waals surface area contributed by atoms with Crippen molar-refractivity contribution in [3.8, 4) is 0 Å². The lowest BCUT2D eigenvalue weighted by atomic mass is 9.89. The van der Waals surface area contributed by atoms with Gasteiger partial charge in [-0.25, -0.2) is 9.98 Å². The molecule has 2 unspecified atom stereocenters. The predicted octanol–water partition coefficient (Wildman–Crippen LogP) is 2.52. The molecule has 8 nitrogen and oxygen atoms in total. The van der Waals surface area contributed by atoms with E-state index in [1.807, 2.05) is 32.9 Å². The van der Waals surface area contributed by atoms with Crippen molar-refractivity contribution < 1.29 is 9.90 Å². The van der Waals surface area contributed by atoms with Crippen LogP contribution in [0.5, 0.6) is 0 Å². The first-order valence-electron chi connectivity index (χ1n) is 12.3. The molecule has 4 N–H and O–H groups in total. The zero-order valence-electron chi connectivity index (χ0n) is 20.8. The van der Waals surface area contributed by atoms with Crippen molar-refractivity contribution in [2.75, 3.05) is 31.1 Å². The molecule has 4 rings (SSSR count). The fourth-order valence-corrected chi connectivity index (χ4v) is 5.13. The first-order chi connectivity index (χ1) is 16.2. The number of para-hydroxylation sites is 1. The Morgan fingerprint density at radius 1 is 1.29 bits per heavy atom. The highest BCUT2D eigenvalue weighted by molar-refractivity contribution is 6.38. The number of benzene rings is 1. The lowest BCUT2D eigenvalue weighted by molar-refractivity contribution is -0.115. The standard InChI is InChI=1S/C26H38N6O2/c1-17-23(31-18(2)25(33)28-14-19-9-11-27-12-10-19)24(30-16-29-17)32-15-20(13-26(3,4)34)21-7-5-6-8-22(21)32/h5-8,16,19-20,24,27,34H,9-15H2,1-4H3,(H,28,33)(H,29,30). The van der Waals surface area contributed by atoms with Gasteiger partial charge in [0.25, 0.3) is 5.91 Å². The van der Waals surface area contributed by atoms with E-state index in [0.717, 1.165) is 49.6 Å². The maximum atomic E-state index is 12.8. The van der Waals surface area contributed by atoms with Crippen LogP contribution in [0.15, 0.2) is 45.6 Å². The third-order valence-electron chi connectivity index (χ3n) is 6.90. The van der Waals surface area contributed by atoms with Crippen LogP contribution >= 0.6 is 0 Å². The van der Waals surface area contributed by atoms with Gasteiger partial charge in [-0.2, -0.15) is 0 Å². The minimum absolute atomic E-state index is 0.131. The summed E-state index contributed by atoms with van der Waals surface area (Å²) in [6, 6.07) is 8.31. The number of nitrogens with zero attached hydrogens (tertiary/aromatic N) is 3. The van der Waals surface area contributed by atoms with Crippen LogP contribution < -0.4 is 20.9 Å². The smallest absolute Gasteiger partial charge is 0.265 e. The number of anilines is 1. The largest absolute Gasteiger partial charge is 0.390 e. The fourth-order valence-electron chi connectivity index (χ4n) is 5.13. The van der Waals surface area contributed by atoms with E-state index in [1.54, 1.807) is 13.3 Å². The molecule has 1 amide bonds. The molecule has 3 heterocycles. The van der Waals surface area contributed by atoms with Gasteiger partial charge in [-0.05, 0) is 77.6 Å². The van der Waals surface area contributed by atoms with Crippen molar-refractivity contribution in [1.29, 1.82) is 0 Å². The summed E-state index contributed by atoms with van der Waals surface area (Å²) in [4.78, 5) is 24.6. The molecule has 8 heteroatoms. The minimum atomic E-state index is -0.763. The van der Waals surface area contributed by atoms with Gasteiger partial charge >= 0.3 is 0 Å². The lowest BCUT2D eigenvalue weighted by Crippen LogP contribution is -2.40. The van der Waals surface area contributed by atoms with Gasteiger partial charge in [0, 0.05) is 30.4 Å². The second-order valence-electron chi connectivity index (χ2n) is 10.3. The van der Waals surface area contributed by atoms with Gasteiger partial charge in [-0.15, -0.1) is 0 Å². The summed E-state index contributed by atoms with van der Waals surface area (Å²) in [5.74, 6) is 0.580. The summed E-state index contributed by atoms with van der Waals surface area (Å²) in [7, 11) is 0. The van der Waals surface area contributed by atoms with Crippen LogP contribution in [0.25, 0.3) is 0 Å². The average Bonchev–Trinajstić information content (AvgIpc) is 3.16. The Bertz CT molecular complexity index is 987. The molecule has 184 valence electrons. The van der Waals surface area contributed by atoms with Crippen LogP contribution in [-0.4, -0.2) is 61.0 Å². The van der Waals surface area contributed by atoms with Crippen LogP contribution in [0.2, 0.25) is 0 Å². The van der Waals surface area contributed by atoms with E-state index in [9.17, 15) is 9.90 Å². The van der Waals surface area contributed by atoms with Crippen molar-refractivity contribution >= 4 is 23.6 Å². The number of nitrogens with one attached hydrogen (secondary N) is 3. The number of amides is 1. The van der Waals surface area contributed by atoms with Crippen LogP contribution in [-0.2, 0) is 4.79 Å². The van der Waals surface area contributed by atoms with E-state index in [0.29, 0.717) is 24.6 Å². The number of hydrogen-bond acceptors (Lipinski definition) is 7. The van der Waals surface area contributed by atoms with E-state index in [1.165, 1.54) is 5.56 Å². The SMILES string of the molecule is CC(=NC1=C(C)NC=NC1N1CC(CC(C)(C)O)c2ccccc21)C(=O)NCC1CCNCC1. The second-order valence-corrected chi connectivity index (χ2v) is 10.3. The summed E-state index contributed by atoms with van der Waals surface area (Å²) in [5.41, 5.74) is 3.63. The van der Waals surface area contributed by atoms with Gasteiger partial charge in [0.15, 0.2) is 6.17 Å². The Morgan fingerprint density at radius 3 is 2.76 bits per heavy atom. The maximum Gasteiger partial charge on any atom is 0.265 e. The quantitative estimate of drug-likeness (QED) is 0.463. The van der Waals surface area contributed by atoms with E-state index in [-0.39, 0.29) is 18.0 Å². The Morgan fingerprint density at radius 2 is 2.03 bits per heavy atom. The maximum absolute atomic E-state index is 12.8. The van der Waals surface area contributed by atoms with E-state index in [4.69, 9.17) is 9.98 Å². The fraction of sp³-hybridized carbons (Fsp3) is 0.577. The molecule has 0 aromatic heterocycles. The van der Waals surface area contributed by atoms with Crippen molar-refractivity contribution in [3.05, 3.63) is 41.2 Å². The number of rotatable bonds is 7. The summed E-state index contributed by atoms with van der Waals surface area (Å²) in [6.45, 7) is 10.9. The Labute approximate surface area is 202 Å². The van der Waals surface area contributed by atoms with Crippen LogP contribution in [0.4, 0.5) is 5.69 Å². The number of allylic oxidation sites excluding steroid dienone is 1. The Balaban J connectivity index is 1.53. The molecule has 0 aliphatic carbocycles. The average molecular weight is 467 g/mol. The highest BCUT2D eigenvalue weighted by Gasteiger charge is 2.37. The van der Waals surface area contributed by atoms with Crippen molar-refractivity contribution in [2.45, 2.75) is 64.6 Å². The van der Waals surface area contributed by atoms with Crippen molar-refractivity contribution in [3.63, 3.8) is 0 Å². The second kappa shape index (κ2) is 10.3. The monoisotopic (exact) mass is 466 g/mol. The number of hydrogen-bond donors (Lipinski definition) is 4. The molecule has 1 aromatic carbocycles. The molecule has 1 fully saturated rings. The number of carbonyl (C=O) groups is 1. The Kier molecular flexibility index (Phi) is 7.38. The summed E-state index contributed by atoms with van der Waals surface area (Å²) < 4.78 is 0. The molecule has 34 heavy (non-hydrogen) atoms. The van der Waals surface area contributed by atoms with Gasteiger partial charge in [0.05, 0.1) is 11.9 Å². The first kappa shape index (κ1) is 24.4. The molecule has 0 spiro atoms. The number of fused-ring (bicyclic) bond motifs is 1. The van der Waals surface area contributed by atoms with Gasteiger partial charge in [0.2, 0.25) is 0 Å². The molecule has 0 bridgehead atoms. The number of piperidine rings is 1. The summed E-state index contributed by atoms with van der Waals surface area (Å²) >= 11 is 0. The highest BCUT2D eigenvalue weighted by Crippen LogP contribution is 2.42. The molecule has 3 aliphatic rings. The zero-order valence-corrected chi connectivity index (χ0v) is 20.8. The highest BCUT2D eigenvalue weighted by atomic mass is 16.3. The molecule has 1 aromatic rings. The Hall–Kier alpha value is -2.71. The minimum Gasteiger partial charge on any atom is -0.390 e. The van der Waals surface area contributed by atoms with Gasteiger partial charge in [-0.1, -0.05) is 18.2 Å². The van der Waals surface area contributed by atoms with E-state index < -0.39 is 5.60 Å². The number of carbonyl (C=O) groups excluding carboxylic acids is 1. The number of aliphatic imine (C=N–C) groups is 2. The van der Waals surface area contributed by atoms with Crippen LogP contribution in [0.1, 0.15) is 58.4 Å². The van der Waals surface area contributed by atoms with Gasteiger partial charge in [0.1, 0.15) is 11.4 Å². The van der Waals surface area contributed by atoms with Crippen LogP contribution in [0.3, 0.4) is 0 Å². The molecule has 0 saturated carbocycles. The first-order valence-corrected chi connectivity index (χ1v) is 12.3. The molecule has 0 radical (unpaired) electrons. The molecular weight excluding hydrogens is 428 g/mol. The third kappa shape index (κ3) is 5.67. The predicted molar refractivity (Wildman–Crippen MR) is 137 cm³/mol. The van der Waals surface area contributed by atoms with Gasteiger partial charge in [-0.3, -0.25) is 4.79 Å². The molecule has 3 aliphatic heterocycles. The van der Waals surface area contributed by atoms with Gasteiger partial charge < -0.3 is 26.0 Å². The summed E-state index contributed by atoms with van der Waals surface area (Å²) in [5, 5.41) is 20.1. The zero-order chi connectivity index (χ0) is 24.3. The molecule has 2 atom stereocenters. The number of aliphatic hydroxyl groups is 1. The van der Waals surface area contributed by atoms with Crippen LogP contribution in [0, 0.1) is 5.92 Å². The normalized spacial score (nSPS) is 23.7. The van der Waals surface area contributed by atoms with E-state index >= 15 is 0 Å². The molecule has 1 saturated heterocycles. The van der Waals surface area contributed by atoms with E-state index in [2.05, 4.69) is 33.0 Å². The lowest BCUT2D eigenvalue weighted by Gasteiger charge is -2.31.